The highest BCUT2D eigenvalue weighted by atomic mass is 16.5. The molecule has 0 unspecified atom stereocenters. The number of nitrogens with one attached hydrogen (secondary N) is 1. The van der Waals surface area contributed by atoms with Gasteiger partial charge in [0, 0.05) is 6.54 Å². The van der Waals surface area contributed by atoms with Gasteiger partial charge in [0.15, 0.2) is 0 Å². The molecule has 1 aliphatic rings. The molecule has 0 atom stereocenters. The number of hydrogen-bond donors (Lipinski definition) is 2. The Labute approximate surface area is 169 Å². The zero-order valence-electron chi connectivity index (χ0n) is 17.0. The van der Waals surface area contributed by atoms with Gasteiger partial charge in [0.05, 0.1) is 30.4 Å². The second kappa shape index (κ2) is 8.68. The van der Waals surface area contributed by atoms with E-state index in [0.29, 0.717) is 47.2 Å². The van der Waals surface area contributed by atoms with E-state index in [9.17, 15) is 14.4 Å². The van der Waals surface area contributed by atoms with E-state index in [1.165, 1.54) is 0 Å². The summed E-state index contributed by atoms with van der Waals surface area (Å²) in [7, 11) is 1.56. The maximum Gasteiger partial charge on any atom is 0.340 e. The third kappa shape index (κ3) is 4.60. The zero-order chi connectivity index (χ0) is 21.1. The summed E-state index contributed by atoms with van der Waals surface area (Å²) in [5.74, 6) is -0.377. The van der Waals surface area contributed by atoms with E-state index < -0.39 is 11.6 Å². The topological polar surface area (TPSA) is 106 Å². The Morgan fingerprint density at radius 1 is 1.21 bits per heavy atom. The highest BCUT2D eigenvalue weighted by Gasteiger charge is 2.26. The Hall–Kier alpha value is -2.83. The van der Waals surface area contributed by atoms with E-state index in [0.717, 1.165) is 18.4 Å². The van der Waals surface area contributed by atoms with Gasteiger partial charge < -0.3 is 19.6 Å². The van der Waals surface area contributed by atoms with Crippen molar-refractivity contribution in [1.29, 1.82) is 0 Å². The molecule has 1 heterocycles. The maximum absolute atomic E-state index is 12.5. The van der Waals surface area contributed by atoms with E-state index >= 15 is 0 Å². The van der Waals surface area contributed by atoms with Crippen LogP contribution in [-0.4, -0.2) is 30.6 Å². The van der Waals surface area contributed by atoms with Gasteiger partial charge in [0.2, 0.25) is 5.91 Å². The van der Waals surface area contributed by atoms with Crippen LogP contribution in [0.4, 0.5) is 0 Å². The summed E-state index contributed by atoms with van der Waals surface area (Å²) in [5.41, 5.74) is 1.86. The number of rotatable bonds is 6. The van der Waals surface area contributed by atoms with Crippen molar-refractivity contribution in [3.05, 3.63) is 39.2 Å². The van der Waals surface area contributed by atoms with Crippen molar-refractivity contribution in [2.24, 2.45) is 11.8 Å². The minimum absolute atomic E-state index is 0.0639. The number of benzene rings is 1. The number of amides is 1. The summed E-state index contributed by atoms with van der Waals surface area (Å²) in [6, 6.07) is 3.65. The lowest BCUT2D eigenvalue weighted by Crippen LogP contribution is -2.34. The van der Waals surface area contributed by atoms with Crippen LogP contribution in [-0.2, 0) is 16.0 Å². The van der Waals surface area contributed by atoms with Crippen molar-refractivity contribution in [3.8, 4) is 5.75 Å². The number of hydrogen-bond acceptors (Lipinski definition) is 5. The first kappa shape index (κ1) is 20.9. The number of methoxy groups -OCH3 is 1. The number of carbonyl (C=O) groups is 2. The molecule has 1 fully saturated rings. The molecule has 1 amide bonds. The molecule has 1 aromatic carbocycles. The normalized spacial score (nSPS) is 19.1. The molecule has 29 heavy (non-hydrogen) atoms. The lowest BCUT2D eigenvalue weighted by molar-refractivity contribution is -0.143. The van der Waals surface area contributed by atoms with Gasteiger partial charge in [-0.25, -0.2) is 4.79 Å². The summed E-state index contributed by atoms with van der Waals surface area (Å²) >= 11 is 0. The Morgan fingerprint density at radius 2 is 1.90 bits per heavy atom. The van der Waals surface area contributed by atoms with Crippen molar-refractivity contribution in [2.45, 2.75) is 46.0 Å². The Bertz CT molecular complexity index is 985. The van der Waals surface area contributed by atoms with Crippen LogP contribution in [0.5, 0.6) is 5.75 Å². The van der Waals surface area contributed by atoms with Gasteiger partial charge in [-0.1, -0.05) is 0 Å². The largest absolute Gasteiger partial charge is 0.496 e. The van der Waals surface area contributed by atoms with Crippen molar-refractivity contribution in [2.75, 3.05) is 13.7 Å². The van der Waals surface area contributed by atoms with Crippen LogP contribution in [0.25, 0.3) is 11.0 Å². The van der Waals surface area contributed by atoms with E-state index in [-0.39, 0.29) is 24.2 Å². The summed E-state index contributed by atoms with van der Waals surface area (Å²) in [4.78, 5) is 36.0. The average molecular weight is 401 g/mol. The molecule has 0 aliphatic heterocycles. The van der Waals surface area contributed by atoms with Crippen molar-refractivity contribution < 1.29 is 23.8 Å². The SMILES string of the molecule is COc1cc(C)cc2oc(=O)c(CC(=O)NCC3CCC(C(=O)O)CC3)c(C)c12. The molecule has 0 radical (unpaired) electrons. The number of aliphatic carboxylic acids is 1. The Balaban J connectivity index is 1.70. The number of carboxylic acid groups (broad SMARTS) is 1. The smallest absolute Gasteiger partial charge is 0.340 e. The summed E-state index contributed by atoms with van der Waals surface area (Å²) < 4.78 is 10.9. The molecule has 0 spiro atoms. The molecule has 156 valence electrons. The number of ether oxygens (including phenoxy) is 1. The highest BCUT2D eigenvalue weighted by Crippen LogP contribution is 2.31. The predicted octanol–water partition coefficient (Wildman–Crippen LogP) is 2.97. The molecule has 7 nitrogen and oxygen atoms in total. The van der Waals surface area contributed by atoms with Gasteiger partial charge in [-0.15, -0.1) is 0 Å². The number of carbonyl (C=O) groups excluding carboxylic acids is 1. The van der Waals surface area contributed by atoms with Crippen molar-refractivity contribution in [1.82, 2.24) is 5.32 Å². The van der Waals surface area contributed by atoms with Crippen molar-refractivity contribution >= 4 is 22.8 Å². The van der Waals surface area contributed by atoms with E-state index in [2.05, 4.69) is 5.32 Å². The van der Waals surface area contributed by atoms with Gasteiger partial charge >= 0.3 is 11.6 Å². The molecule has 7 heteroatoms. The predicted molar refractivity (Wildman–Crippen MR) is 108 cm³/mol. The Morgan fingerprint density at radius 3 is 2.52 bits per heavy atom. The molecular formula is C22H27NO6. The third-order valence-electron chi connectivity index (χ3n) is 5.83. The van der Waals surface area contributed by atoms with E-state index in [1.807, 2.05) is 13.0 Å². The molecule has 0 saturated heterocycles. The van der Waals surface area contributed by atoms with Crippen LogP contribution in [0.2, 0.25) is 0 Å². The molecular weight excluding hydrogens is 374 g/mol. The van der Waals surface area contributed by atoms with Crippen LogP contribution >= 0.6 is 0 Å². The third-order valence-corrected chi connectivity index (χ3v) is 5.83. The second-order valence-corrected chi connectivity index (χ2v) is 7.87. The van der Waals surface area contributed by atoms with Crippen LogP contribution in [0.3, 0.4) is 0 Å². The molecule has 3 rings (SSSR count). The van der Waals surface area contributed by atoms with Crippen molar-refractivity contribution in [3.63, 3.8) is 0 Å². The summed E-state index contributed by atoms with van der Waals surface area (Å²) in [5, 5.41) is 12.7. The first-order valence-corrected chi connectivity index (χ1v) is 9.90. The Kier molecular flexibility index (Phi) is 6.25. The minimum Gasteiger partial charge on any atom is -0.496 e. The fraction of sp³-hybridized carbons (Fsp3) is 0.500. The maximum atomic E-state index is 12.5. The zero-order valence-corrected chi connectivity index (χ0v) is 17.0. The first-order valence-electron chi connectivity index (χ1n) is 9.90. The lowest BCUT2D eigenvalue weighted by Gasteiger charge is -2.26. The molecule has 1 aliphatic carbocycles. The molecule has 1 aromatic heterocycles. The van der Waals surface area contributed by atoms with E-state index in [4.69, 9.17) is 14.3 Å². The van der Waals surface area contributed by atoms with Gasteiger partial charge in [-0.05, 0) is 68.7 Å². The van der Waals surface area contributed by atoms with Crippen LogP contribution in [0, 0.1) is 25.7 Å². The monoisotopic (exact) mass is 401 g/mol. The van der Waals surface area contributed by atoms with E-state index in [1.54, 1.807) is 20.1 Å². The number of carboxylic acids is 1. The fourth-order valence-electron chi connectivity index (χ4n) is 4.10. The quantitative estimate of drug-likeness (QED) is 0.721. The van der Waals surface area contributed by atoms with Gasteiger partial charge in [-0.3, -0.25) is 9.59 Å². The second-order valence-electron chi connectivity index (χ2n) is 7.87. The molecule has 0 bridgehead atoms. The number of aryl methyl sites for hydroxylation is 2. The van der Waals surface area contributed by atoms with Crippen LogP contribution in [0.15, 0.2) is 21.3 Å². The van der Waals surface area contributed by atoms with Gasteiger partial charge in [0.1, 0.15) is 11.3 Å². The average Bonchev–Trinajstić information content (AvgIpc) is 2.68. The van der Waals surface area contributed by atoms with Crippen LogP contribution < -0.4 is 15.7 Å². The molecule has 1 saturated carbocycles. The highest BCUT2D eigenvalue weighted by molar-refractivity contribution is 5.89. The first-order chi connectivity index (χ1) is 13.8. The molecule has 2 aromatic rings. The molecule has 2 N–H and O–H groups in total. The summed E-state index contributed by atoms with van der Waals surface area (Å²) in [6.07, 6.45) is 2.78. The standard InChI is InChI=1S/C22H27NO6/c1-12-8-17(28-3)20-13(2)16(22(27)29-18(20)9-12)10-19(24)23-11-14-4-6-15(7-5-14)21(25)26/h8-9,14-15H,4-7,10-11H2,1-3H3,(H,23,24)(H,25,26). The number of fused-ring (bicyclic) bond motifs is 1. The minimum atomic E-state index is -0.739. The lowest BCUT2D eigenvalue weighted by atomic mass is 9.82. The van der Waals surface area contributed by atoms with Crippen LogP contribution in [0.1, 0.15) is 42.4 Å². The van der Waals surface area contributed by atoms with Gasteiger partial charge in [-0.2, -0.15) is 0 Å². The van der Waals surface area contributed by atoms with Gasteiger partial charge in [0.25, 0.3) is 0 Å². The fourth-order valence-corrected chi connectivity index (χ4v) is 4.10. The summed E-state index contributed by atoms with van der Waals surface area (Å²) in [6.45, 7) is 4.18.